The lowest BCUT2D eigenvalue weighted by Gasteiger charge is -2.15. The summed E-state index contributed by atoms with van der Waals surface area (Å²) in [4.78, 5) is 36.5. The number of carboxylic acid groups (broad SMARTS) is 1. The van der Waals surface area contributed by atoms with Crippen LogP contribution in [0.2, 0.25) is 0 Å². The molecule has 2 atom stereocenters. The molecule has 1 amide bonds. The SMILES string of the molecule is CC/C=C\C/C=C\C/C=C\C/C=C\C(CCCCCC(=O)NC(CCCN)C(=O)O)OC(=O)CCCCCCCCCCCCCCCCCCCCCCCC. The van der Waals surface area contributed by atoms with Gasteiger partial charge in [-0.1, -0.05) is 198 Å². The quantitative estimate of drug-likeness (QED) is 0.0321. The number of rotatable bonds is 43. The number of amides is 1. The van der Waals surface area contributed by atoms with Gasteiger partial charge in [0, 0.05) is 12.8 Å². The van der Waals surface area contributed by atoms with Gasteiger partial charge in [0.25, 0.3) is 0 Å². The number of carboxylic acids is 1. The summed E-state index contributed by atoms with van der Waals surface area (Å²) in [5, 5.41) is 12.0. The van der Waals surface area contributed by atoms with E-state index in [1.807, 2.05) is 6.08 Å². The van der Waals surface area contributed by atoms with Crippen molar-refractivity contribution in [1.29, 1.82) is 0 Å². The van der Waals surface area contributed by atoms with Crippen LogP contribution in [0.25, 0.3) is 0 Å². The highest BCUT2D eigenvalue weighted by Crippen LogP contribution is 2.17. The van der Waals surface area contributed by atoms with Gasteiger partial charge in [0.05, 0.1) is 0 Å². The Kier molecular flexibility index (Phi) is 42.4. The first kappa shape index (κ1) is 54.3. The highest BCUT2D eigenvalue weighted by atomic mass is 16.5. The van der Waals surface area contributed by atoms with E-state index in [0.717, 1.165) is 51.4 Å². The van der Waals surface area contributed by atoms with Crippen molar-refractivity contribution in [3.8, 4) is 0 Å². The van der Waals surface area contributed by atoms with Gasteiger partial charge >= 0.3 is 11.9 Å². The molecule has 0 saturated carbocycles. The van der Waals surface area contributed by atoms with E-state index in [9.17, 15) is 19.5 Å². The van der Waals surface area contributed by atoms with Crippen molar-refractivity contribution < 1.29 is 24.2 Å². The molecule has 0 aliphatic heterocycles. The first-order chi connectivity index (χ1) is 27.9. The summed E-state index contributed by atoms with van der Waals surface area (Å²) in [6.07, 6.45) is 54.8. The monoisotopic (exact) mass is 799 g/mol. The van der Waals surface area contributed by atoms with Gasteiger partial charge in [-0.3, -0.25) is 9.59 Å². The number of esters is 1. The van der Waals surface area contributed by atoms with Gasteiger partial charge in [-0.25, -0.2) is 4.79 Å². The van der Waals surface area contributed by atoms with Crippen LogP contribution in [0, 0.1) is 0 Å². The van der Waals surface area contributed by atoms with Crippen LogP contribution in [0.1, 0.15) is 232 Å². The summed E-state index contributed by atoms with van der Waals surface area (Å²) < 4.78 is 5.91. The molecule has 2 unspecified atom stereocenters. The van der Waals surface area contributed by atoms with Crippen molar-refractivity contribution in [3.05, 3.63) is 48.6 Å². The second kappa shape index (κ2) is 44.4. The van der Waals surface area contributed by atoms with Gasteiger partial charge in [0.15, 0.2) is 0 Å². The largest absolute Gasteiger partial charge is 0.480 e. The number of nitrogens with one attached hydrogen (secondary N) is 1. The number of ether oxygens (including phenoxy) is 1. The van der Waals surface area contributed by atoms with Gasteiger partial charge in [-0.15, -0.1) is 0 Å². The van der Waals surface area contributed by atoms with Gasteiger partial charge in [0.1, 0.15) is 12.1 Å². The molecule has 57 heavy (non-hydrogen) atoms. The van der Waals surface area contributed by atoms with Crippen LogP contribution in [0.5, 0.6) is 0 Å². The topological polar surface area (TPSA) is 119 Å². The standard InChI is InChI=1S/C50H90N2O5/c1-3-5-7-9-11-13-15-16-17-18-19-20-21-22-23-24-25-27-29-31-33-38-44-49(54)57-46(40-35-32-30-28-26-14-12-10-8-6-4-2)41-36-34-37-43-48(53)52-47(50(55)56)42-39-45-51/h6,8,12,14,28,30,35,40,46-47H,3-5,7,9-11,13,15-27,29,31-34,36-39,41-45,51H2,1-2H3,(H,52,53)(H,55,56)/b8-6-,14-12-,30-28-,40-35-. The lowest BCUT2D eigenvalue weighted by molar-refractivity contribution is -0.147. The van der Waals surface area contributed by atoms with Crippen molar-refractivity contribution in [2.75, 3.05) is 6.54 Å². The molecular weight excluding hydrogens is 709 g/mol. The normalized spacial score (nSPS) is 13.0. The Bertz CT molecular complexity index is 1040. The third-order valence-corrected chi connectivity index (χ3v) is 10.6. The van der Waals surface area contributed by atoms with E-state index < -0.39 is 12.0 Å². The highest BCUT2D eigenvalue weighted by molar-refractivity contribution is 5.83. The van der Waals surface area contributed by atoms with Gasteiger partial charge < -0.3 is 20.9 Å². The van der Waals surface area contributed by atoms with Gasteiger partial charge in [0.2, 0.25) is 5.91 Å². The van der Waals surface area contributed by atoms with E-state index in [1.165, 1.54) is 128 Å². The second-order valence-electron chi connectivity index (χ2n) is 16.1. The molecule has 330 valence electrons. The summed E-state index contributed by atoms with van der Waals surface area (Å²) in [7, 11) is 0. The van der Waals surface area contributed by atoms with Crippen molar-refractivity contribution in [2.24, 2.45) is 5.73 Å². The number of hydrogen-bond acceptors (Lipinski definition) is 5. The number of carbonyl (C=O) groups excluding carboxylic acids is 2. The van der Waals surface area contributed by atoms with E-state index >= 15 is 0 Å². The molecular formula is C50H90N2O5. The fourth-order valence-corrected chi connectivity index (χ4v) is 7.07. The smallest absolute Gasteiger partial charge is 0.326 e. The van der Waals surface area contributed by atoms with Gasteiger partial charge in [-0.05, 0) is 76.8 Å². The van der Waals surface area contributed by atoms with E-state index in [-0.39, 0.29) is 24.4 Å². The summed E-state index contributed by atoms with van der Waals surface area (Å²) >= 11 is 0. The predicted molar refractivity (Wildman–Crippen MR) is 243 cm³/mol. The van der Waals surface area contributed by atoms with Crippen LogP contribution in [0.4, 0.5) is 0 Å². The molecule has 0 aromatic heterocycles. The molecule has 0 saturated heterocycles. The maximum atomic E-state index is 12.8. The van der Waals surface area contributed by atoms with E-state index in [0.29, 0.717) is 38.6 Å². The van der Waals surface area contributed by atoms with Crippen LogP contribution in [0.15, 0.2) is 48.6 Å². The second-order valence-corrected chi connectivity index (χ2v) is 16.1. The number of allylic oxidation sites excluding steroid dienone is 7. The number of aliphatic carboxylic acids is 1. The number of nitrogens with two attached hydrogens (primary N) is 1. The zero-order valence-electron chi connectivity index (χ0n) is 37.2. The molecule has 4 N–H and O–H groups in total. The van der Waals surface area contributed by atoms with E-state index in [1.54, 1.807) is 0 Å². The summed E-state index contributed by atoms with van der Waals surface area (Å²) in [5.41, 5.74) is 5.50. The summed E-state index contributed by atoms with van der Waals surface area (Å²) in [6.45, 7) is 4.82. The first-order valence-electron chi connectivity index (χ1n) is 24.0. The Morgan fingerprint density at radius 1 is 0.526 bits per heavy atom. The lowest BCUT2D eigenvalue weighted by atomic mass is 10.0. The van der Waals surface area contributed by atoms with Crippen LogP contribution in [-0.4, -0.2) is 41.6 Å². The van der Waals surface area contributed by atoms with Crippen molar-refractivity contribution >= 4 is 17.8 Å². The first-order valence-corrected chi connectivity index (χ1v) is 24.0. The summed E-state index contributed by atoms with van der Waals surface area (Å²) in [5.74, 6) is -1.41. The van der Waals surface area contributed by atoms with Crippen molar-refractivity contribution in [3.63, 3.8) is 0 Å². The van der Waals surface area contributed by atoms with Crippen LogP contribution in [0.3, 0.4) is 0 Å². The van der Waals surface area contributed by atoms with Crippen molar-refractivity contribution in [1.82, 2.24) is 5.32 Å². The molecule has 0 spiro atoms. The molecule has 0 heterocycles. The third-order valence-electron chi connectivity index (χ3n) is 10.6. The maximum Gasteiger partial charge on any atom is 0.326 e. The molecule has 7 nitrogen and oxygen atoms in total. The van der Waals surface area contributed by atoms with E-state index in [4.69, 9.17) is 10.5 Å². The summed E-state index contributed by atoms with van der Waals surface area (Å²) in [6, 6.07) is -0.892. The number of hydrogen-bond donors (Lipinski definition) is 3. The molecule has 0 radical (unpaired) electrons. The van der Waals surface area contributed by atoms with Crippen LogP contribution >= 0.6 is 0 Å². The molecule has 0 aliphatic carbocycles. The van der Waals surface area contributed by atoms with Gasteiger partial charge in [-0.2, -0.15) is 0 Å². The lowest BCUT2D eigenvalue weighted by Crippen LogP contribution is -2.40. The van der Waals surface area contributed by atoms with Crippen LogP contribution < -0.4 is 11.1 Å². The number of unbranched alkanes of at least 4 members (excludes halogenated alkanes) is 23. The Hall–Kier alpha value is -2.67. The minimum atomic E-state index is -1.03. The maximum absolute atomic E-state index is 12.8. The zero-order chi connectivity index (χ0) is 41.7. The van der Waals surface area contributed by atoms with Crippen molar-refractivity contribution in [2.45, 2.75) is 244 Å². The zero-order valence-corrected chi connectivity index (χ0v) is 37.2. The molecule has 0 fully saturated rings. The fourth-order valence-electron chi connectivity index (χ4n) is 7.07. The molecule has 0 rings (SSSR count). The minimum absolute atomic E-state index is 0.132. The molecule has 0 bridgehead atoms. The fraction of sp³-hybridized carbons (Fsp3) is 0.780. The Morgan fingerprint density at radius 2 is 0.947 bits per heavy atom. The Morgan fingerprint density at radius 3 is 1.40 bits per heavy atom. The molecule has 0 aromatic carbocycles. The average molecular weight is 799 g/mol. The number of carbonyl (C=O) groups is 3. The molecule has 7 heteroatoms. The Labute approximate surface area is 351 Å². The third kappa shape index (κ3) is 41.3. The predicted octanol–water partition coefficient (Wildman–Crippen LogP) is 14.0. The van der Waals surface area contributed by atoms with E-state index in [2.05, 4.69) is 61.7 Å². The Balaban J connectivity index is 4.23. The average Bonchev–Trinajstić information content (AvgIpc) is 3.20. The molecule has 0 aromatic rings. The molecule has 0 aliphatic rings. The highest BCUT2D eigenvalue weighted by Gasteiger charge is 2.19. The van der Waals surface area contributed by atoms with Crippen LogP contribution in [-0.2, 0) is 19.1 Å². The minimum Gasteiger partial charge on any atom is -0.480 e.